The van der Waals surface area contributed by atoms with E-state index in [1.165, 1.54) is 16.2 Å². The largest absolute Gasteiger partial charge is 0.383 e. The van der Waals surface area contributed by atoms with Gasteiger partial charge in [0.25, 0.3) is 5.91 Å². The van der Waals surface area contributed by atoms with Crippen LogP contribution < -0.4 is 5.32 Å². The number of amides is 3. The van der Waals surface area contributed by atoms with Gasteiger partial charge in [-0.15, -0.1) is 11.3 Å². The zero-order valence-electron chi connectivity index (χ0n) is 19.5. The summed E-state index contributed by atoms with van der Waals surface area (Å²) in [5.74, 6) is 0.156. The standard InChI is InChI=1S/C24H32N4O4S/c1-17-4-6-19(7-5-17)23(31)28(12-13-32-3)15-21(29)26-24-25-20(16-33-24)14-22(30)27-10-8-18(2)9-11-27/h4-7,16,18H,8-15H2,1-3H3,(H,25,26,29). The number of likely N-dealkylation sites (tertiary alicyclic amines) is 1. The second kappa shape index (κ2) is 11.9. The smallest absolute Gasteiger partial charge is 0.254 e. The molecule has 1 aliphatic rings. The second-order valence-electron chi connectivity index (χ2n) is 8.52. The Kier molecular flexibility index (Phi) is 8.96. The van der Waals surface area contributed by atoms with Crippen LogP contribution in [0.15, 0.2) is 29.6 Å². The van der Waals surface area contributed by atoms with E-state index in [0.29, 0.717) is 35.5 Å². The fourth-order valence-electron chi connectivity index (χ4n) is 3.64. The van der Waals surface area contributed by atoms with Crippen LogP contribution in [0.5, 0.6) is 0 Å². The Balaban J connectivity index is 1.55. The van der Waals surface area contributed by atoms with Crippen molar-refractivity contribution in [3.05, 3.63) is 46.5 Å². The predicted molar refractivity (Wildman–Crippen MR) is 128 cm³/mol. The number of anilines is 1. The number of aryl methyl sites for hydroxylation is 1. The SMILES string of the molecule is COCCN(CC(=O)Nc1nc(CC(=O)N2CCC(C)CC2)cs1)C(=O)c1ccc(C)cc1. The van der Waals surface area contributed by atoms with Gasteiger partial charge in [0.15, 0.2) is 5.13 Å². The Morgan fingerprint density at radius 1 is 1.21 bits per heavy atom. The molecular weight excluding hydrogens is 440 g/mol. The van der Waals surface area contributed by atoms with Gasteiger partial charge in [0, 0.05) is 37.7 Å². The van der Waals surface area contributed by atoms with Gasteiger partial charge in [-0.2, -0.15) is 0 Å². The average molecular weight is 473 g/mol. The van der Waals surface area contributed by atoms with E-state index >= 15 is 0 Å². The number of carbonyl (C=O) groups is 3. The van der Waals surface area contributed by atoms with Crippen LogP contribution in [0.3, 0.4) is 0 Å². The summed E-state index contributed by atoms with van der Waals surface area (Å²) >= 11 is 1.28. The molecule has 1 aromatic heterocycles. The Morgan fingerprint density at radius 2 is 1.91 bits per heavy atom. The number of aromatic nitrogens is 1. The van der Waals surface area contributed by atoms with Crippen LogP contribution in [0.1, 0.15) is 41.4 Å². The molecular formula is C24H32N4O4S. The molecule has 3 amide bonds. The molecule has 1 saturated heterocycles. The number of piperidine rings is 1. The van der Waals surface area contributed by atoms with E-state index in [-0.39, 0.29) is 30.7 Å². The van der Waals surface area contributed by atoms with Crippen LogP contribution in [-0.2, 0) is 20.7 Å². The van der Waals surface area contributed by atoms with Crippen molar-refractivity contribution in [2.45, 2.75) is 33.1 Å². The lowest BCUT2D eigenvalue weighted by Crippen LogP contribution is -2.40. The minimum atomic E-state index is -0.344. The fourth-order valence-corrected chi connectivity index (χ4v) is 4.36. The van der Waals surface area contributed by atoms with Crippen molar-refractivity contribution in [2.75, 3.05) is 45.2 Å². The molecule has 0 spiro atoms. The maximum atomic E-state index is 12.9. The van der Waals surface area contributed by atoms with E-state index in [2.05, 4.69) is 17.2 Å². The van der Waals surface area contributed by atoms with E-state index in [0.717, 1.165) is 31.5 Å². The molecule has 33 heavy (non-hydrogen) atoms. The first-order valence-electron chi connectivity index (χ1n) is 11.2. The van der Waals surface area contributed by atoms with Gasteiger partial charge in [0.1, 0.15) is 6.54 Å². The van der Waals surface area contributed by atoms with Crippen LogP contribution in [0.25, 0.3) is 0 Å². The summed E-state index contributed by atoms with van der Waals surface area (Å²) in [7, 11) is 1.55. The third kappa shape index (κ3) is 7.36. The molecule has 1 aliphatic heterocycles. The first-order valence-corrected chi connectivity index (χ1v) is 12.1. The van der Waals surface area contributed by atoms with Crippen molar-refractivity contribution < 1.29 is 19.1 Å². The van der Waals surface area contributed by atoms with E-state index in [9.17, 15) is 14.4 Å². The van der Waals surface area contributed by atoms with Gasteiger partial charge in [0.05, 0.1) is 18.7 Å². The molecule has 1 fully saturated rings. The first kappa shape index (κ1) is 24.9. The molecule has 1 N–H and O–H groups in total. The highest BCUT2D eigenvalue weighted by atomic mass is 32.1. The number of hydrogen-bond acceptors (Lipinski definition) is 6. The number of thiazole rings is 1. The lowest BCUT2D eigenvalue weighted by molar-refractivity contribution is -0.131. The molecule has 8 nitrogen and oxygen atoms in total. The molecule has 0 saturated carbocycles. The van der Waals surface area contributed by atoms with Crippen molar-refractivity contribution >= 4 is 34.2 Å². The third-order valence-corrected chi connectivity index (χ3v) is 6.56. The highest BCUT2D eigenvalue weighted by molar-refractivity contribution is 7.13. The molecule has 0 atom stereocenters. The Morgan fingerprint density at radius 3 is 2.58 bits per heavy atom. The van der Waals surface area contributed by atoms with Gasteiger partial charge in [-0.1, -0.05) is 24.6 Å². The molecule has 178 valence electrons. The number of nitrogens with one attached hydrogen (secondary N) is 1. The van der Waals surface area contributed by atoms with E-state index in [1.54, 1.807) is 24.6 Å². The van der Waals surface area contributed by atoms with Gasteiger partial charge in [0.2, 0.25) is 11.8 Å². The number of benzene rings is 1. The van der Waals surface area contributed by atoms with E-state index < -0.39 is 0 Å². The van der Waals surface area contributed by atoms with Crippen LogP contribution in [0.4, 0.5) is 5.13 Å². The molecule has 2 aromatic rings. The zero-order chi connectivity index (χ0) is 23.8. The van der Waals surface area contributed by atoms with Crippen LogP contribution in [-0.4, -0.2) is 72.4 Å². The highest BCUT2D eigenvalue weighted by Gasteiger charge is 2.22. The summed E-state index contributed by atoms with van der Waals surface area (Å²) < 4.78 is 5.10. The maximum absolute atomic E-state index is 12.9. The molecule has 3 rings (SSSR count). The maximum Gasteiger partial charge on any atom is 0.254 e. The Labute approximate surface area is 198 Å². The molecule has 0 unspecified atom stereocenters. The molecule has 2 heterocycles. The van der Waals surface area contributed by atoms with Crippen molar-refractivity contribution in [3.8, 4) is 0 Å². The van der Waals surface area contributed by atoms with Crippen molar-refractivity contribution in [3.63, 3.8) is 0 Å². The Bertz CT molecular complexity index is 952. The molecule has 0 aliphatic carbocycles. The summed E-state index contributed by atoms with van der Waals surface area (Å²) in [6.07, 6.45) is 2.29. The fraction of sp³-hybridized carbons (Fsp3) is 0.500. The monoisotopic (exact) mass is 472 g/mol. The number of hydrogen-bond donors (Lipinski definition) is 1. The van der Waals surface area contributed by atoms with Crippen molar-refractivity contribution in [1.29, 1.82) is 0 Å². The summed E-state index contributed by atoms with van der Waals surface area (Å²) in [5.41, 5.74) is 2.22. The Hall–Kier alpha value is -2.78. The summed E-state index contributed by atoms with van der Waals surface area (Å²) in [6.45, 7) is 6.25. The quantitative estimate of drug-likeness (QED) is 0.606. The van der Waals surface area contributed by atoms with Gasteiger partial charge in [-0.05, 0) is 37.8 Å². The average Bonchev–Trinajstić information content (AvgIpc) is 3.23. The molecule has 9 heteroatoms. The lowest BCUT2D eigenvalue weighted by Gasteiger charge is -2.30. The number of methoxy groups -OCH3 is 1. The number of nitrogens with zero attached hydrogens (tertiary/aromatic N) is 3. The second-order valence-corrected chi connectivity index (χ2v) is 9.38. The molecule has 1 aromatic carbocycles. The van der Waals surface area contributed by atoms with E-state index in [4.69, 9.17) is 4.74 Å². The van der Waals surface area contributed by atoms with Gasteiger partial charge >= 0.3 is 0 Å². The zero-order valence-corrected chi connectivity index (χ0v) is 20.3. The molecule has 0 radical (unpaired) electrons. The van der Waals surface area contributed by atoms with Gasteiger partial charge in [-0.25, -0.2) is 4.98 Å². The summed E-state index contributed by atoms with van der Waals surface area (Å²) in [5, 5.41) is 4.96. The summed E-state index contributed by atoms with van der Waals surface area (Å²) in [6, 6.07) is 7.24. The van der Waals surface area contributed by atoms with Crippen LogP contribution in [0, 0.1) is 12.8 Å². The normalized spacial score (nSPS) is 14.2. The van der Waals surface area contributed by atoms with Crippen LogP contribution in [0.2, 0.25) is 0 Å². The first-order chi connectivity index (χ1) is 15.9. The van der Waals surface area contributed by atoms with Crippen molar-refractivity contribution in [2.24, 2.45) is 5.92 Å². The lowest BCUT2D eigenvalue weighted by atomic mass is 9.99. The topological polar surface area (TPSA) is 91.8 Å². The highest BCUT2D eigenvalue weighted by Crippen LogP contribution is 2.19. The number of ether oxygens (including phenoxy) is 1. The minimum Gasteiger partial charge on any atom is -0.383 e. The minimum absolute atomic E-state index is 0.0690. The van der Waals surface area contributed by atoms with Crippen LogP contribution >= 0.6 is 11.3 Å². The van der Waals surface area contributed by atoms with Crippen molar-refractivity contribution in [1.82, 2.24) is 14.8 Å². The van der Waals surface area contributed by atoms with Gasteiger partial charge in [-0.3, -0.25) is 14.4 Å². The number of rotatable bonds is 9. The summed E-state index contributed by atoms with van der Waals surface area (Å²) in [4.78, 5) is 45.8. The number of carbonyl (C=O) groups excluding carboxylic acids is 3. The third-order valence-electron chi connectivity index (χ3n) is 5.75. The van der Waals surface area contributed by atoms with E-state index in [1.807, 2.05) is 24.0 Å². The molecule has 0 bridgehead atoms. The predicted octanol–water partition coefficient (Wildman–Crippen LogP) is 2.98. The van der Waals surface area contributed by atoms with Gasteiger partial charge < -0.3 is 19.9 Å².